The van der Waals surface area contributed by atoms with Crippen molar-refractivity contribution in [2.75, 3.05) is 13.6 Å². The van der Waals surface area contributed by atoms with E-state index in [1.54, 1.807) is 0 Å². The van der Waals surface area contributed by atoms with Gasteiger partial charge in [0.15, 0.2) is 0 Å². The molecule has 0 saturated carbocycles. The Labute approximate surface area is 95.8 Å². The van der Waals surface area contributed by atoms with Crippen LogP contribution in [-0.4, -0.2) is 18.5 Å². The molecule has 1 nitrogen and oxygen atoms in total. The molecule has 1 aliphatic heterocycles. The zero-order chi connectivity index (χ0) is 8.55. The summed E-state index contributed by atoms with van der Waals surface area (Å²) in [5.41, 5.74) is 1.37. The van der Waals surface area contributed by atoms with Crippen molar-refractivity contribution < 1.29 is 0 Å². The van der Waals surface area contributed by atoms with Crippen LogP contribution in [0.2, 0.25) is 0 Å². The first-order chi connectivity index (χ1) is 5.79. The second-order valence-corrected chi connectivity index (χ2v) is 3.26. The van der Waals surface area contributed by atoms with Gasteiger partial charge in [0.05, 0.1) is 0 Å². The highest BCUT2D eigenvalue weighted by atomic mass is 127. The highest BCUT2D eigenvalue weighted by molar-refractivity contribution is 14.0. The topological polar surface area (TPSA) is 3.24 Å². The van der Waals surface area contributed by atoms with Crippen molar-refractivity contribution in [3.05, 3.63) is 34.7 Å². The van der Waals surface area contributed by atoms with Crippen LogP contribution >= 0.6 is 24.0 Å². The minimum atomic E-state index is 0. The van der Waals surface area contributed by atoms with Gasteiger partial charge in [-0.1, -0.05) is 30.3 Å². The van der Waals surface area contributed by atoms with Crippen molar-refractivity contribution in [3.63, 3.8) is 0 Å². The summed E-state index contributed by atoms with van der Waals surface area (Å²) in [6.07, 6.45) is 2.27. The van der Waals surface area contributed by atoms with Gasteiger partial charge in [-0.15, -0.1) is 24.0 Å². The van der Waals surface area contributed by atoms with Gasteiger partial charge in [0.2, 0.25) is 0 Å². The SMILES string of the molecule is CC1=c2ccccc2=CCN1C.I. The molecule has 0 atom stereocenters. The molecule has 2 heteroatoms. The van der Waals surface area contributed by atoms with E-state index in [1.165, 1.54) is 16.1 Å². The Balaban J connectivity index is 0.000000845. The molecule has 0 bridgehead atoms. The van der Waals surface area contributed by atoms with Crippen LogP contribution in [0.1, 0.15) is 6.92 Å². The van der Waals surface area contributed by atoms with Crippen LogP contribution in [0.3, 0.4) is 0 Å². The fourth-order valence-corrected chi connectivity index (χ4v) is 1.58. The second kappa shape index (κ2) is 4.13. The summed E-state index contributed by atoms with van der Waals surface area (Å²) in [4.78, 5) is 2.27. The van der Waals surface area contributed by atoms with Crippen molar-refractivity contribution in [2.45, 2.75) is 6.92 Å². The van der Waals surface area contributed by atoms with E-state index < -0.39 is 0 Å². The Morgan fingerprint density at radius 2 is 1.92 bits per heavy atom. The van der Waals surface area contributed by atoms with E-state index in [2.05, 4.69) is 49.2 Å². The van der Waals surface area contributed by atoms with Gasteiger partial charge in [-0.05, 0) is 12.1 Å². The molecule has 1 aromatic rings. The van der Waals surface area contributed by atoms with Gasteiger partial charge in [0, 0.05) is 24.5 Å². The summed E-state index contributed by atoms with van der Waals surface area (Å²) in [7, 11) is 2.13. The molecule has 1 aliphatic rings. The molecule has 0 aromatic heterocycles. The fraction of sp³-hybridized carbons (Fsp3) is 0.273. The van der Waals surface area contributed by atoms with Crippen molar-refractivity contribution in [1.29, 1.82) is 0 Å². The highest BCUT2D eigenvalue weighted by Crippen LogP contribution is 1.99. The molecule has 0 amide bonds. The van der Waals surface area contributed by atoms with Gasteiger partial charge < -0.3 is 4.90 Å². The van der Waals surface area contributed by atoms with Gasteiger partial charge >= 0.3 is 0 Å². The average Bonchev–Trinajstić information content (AvgIpc) is 2.12. The molecule has 0 radical (unpaired) electrons. The predicted octanol–water partition coefficient (Wildman–Crippen LogP) is 1.16. The Bertz CT molecular complexity index is 408. The molecule has 1 heterocycles. The number of nitrogens with zero attached hydrogens (tertiary/aromatic N) is 1. The van der Waals surface area contributed by atoms with Gasteiger partial charge in [0.25, 0.3) is 0 Å². The lowest BCUT2D eigenvalue weighted by Crippen LogP contribution is -2.37. The maximum atomic E-state index is 2.27. The van der Waals surface area contributed by atoms with Gasteiger partial charge in [0.1, 0.15) is 0 Å². The van der Waals surface area contributed by atoms with Crippen LogP contribution in [-0.2, 0) is 0 Å². The molecule has 0 fully saturated rings. The quantitative estimate of drug-likeness (QED) is 0.647. The smallest absolute Gasteiger partial charge is 0.0362 e. The molecular formula is C11H14IN. The molecule has 0 N–H and O–H groups in total. The van der Waals surface area contributed by atoms with Crippen LogP contribution in [0.4, 0.5) is 0 Å². The number of hydrogen-bond acceptors (Lipinski definition) is 1. The summed E-state index contributed by atoms with van der Waals surface area (Å²) in [6, 6.07) is 8.53. The van der Waals surface area contributed by atoms with Gasteiger partial charge in [-0.3, -0.25) is 0 Å². The van der Waals surface area contributed by atoms with Crippen molar-refractivity contribution in [3.8, 4) is 0 Å². The molecule has 0 unspecified atom stereocenters. The lowest BCUT2D eigenvalue weighted by atomic mass is 10.1. The fourth-order valence-electron chi connectivity index (χ4n) is 1.58. The predicted molar refractivity (Wildman–Crippen MR) is 67.3 cm³/mol. The Morgan fingerprint density at radius 1 is 1.23 bits per heavy atom. The van der Waals surface area contributed by atoms with E-state index in [0.717, 1.165) is 6.54 Å². The maximum absolute atomic E-state index is 2.27. The van der Waals surface area contributed by atoms with Gasteiger partial charge in [-0.2, -0.15) is 0 Å². The monoisotopic (exact) mass is 287 g/mol. The Morgan fingerprint density at radius 3 is 2.69 bits per heavy atom. The molecule has 70 valence electrons. The molecule has 0 spiro atoms. The minimum Gasteiger partial charge on any atom is -0.374 e. The Hall–Kier alpha value is -0.510. The van der Waals surface area contributed by atoms with E-state index in [4.69, 9.17) is 0 Å². The van der Waals surface area contributed by atoms with E-state index >= 15 is 0 Å². The summed E-state index contributed by atoms with van der Waals surface area (Å²) in [5.74, 6) is 0. The number of rotatable bonds is 0. The summed E-state index contributed by atoms with van der Waals surface area (Å²) < 4.78 is 0. The van der Waals surface area contributed by atoms with Crippen molar-refractivity contribution in [1.82, 2.24) is 4.90 Å². The zero-order valence-electron chi connectivity index (χ0n) is 7.95. The number of benzene rings is 1. The standard InChI is InChI=1S/C11H13N.HI/c1-9-11-6-4-3-5-10(11)7-8-12(9)2;/h3-7H,8H2,1-2H3;1H. The minimum absolute atomic E-state index is 0. The largest absolute Gasteiger partial charge is 0.374 e. The first kappa shape index (κ1) is 10.6. The Kier molecular flexibility index (Phi) is 3.36. The maximum Gasteiger partial charge on any atom is 0.0362 e. The van der Waals surface area contributed by atoms with E-state index in [9.17, 15) is 0 Å². The first-order valence-corrected chi connectivity index (χ1v) is 4.26. The van der Waals surface area contributed by atoms with Crippen LogP contribution in [0.25, 0.3) is 11.8 Å². The molecule has 0 aliphatic carbocycles. The third-order valence-electron chi connectivity index (χ3n) is 2.51. The third kappa shape index (κ3) is 1.88. The van der Waals surface area contributed by atoms with Crippen molar-refractivity contribution in [2.24, 2.45) is 0 Å². The second-order valence-electron chi connectivity index (χ2n) is 3.26. The third-order valence-corrected chi connectivity index (χ3v) is 2.51. The van der Waals surface area contributed by atoms with E-state index in [0.29, 0.717) is 0 Å². The van der Waals surface area contributed by atoms with Crippen LogP contribution < -0.4 is 10.4 Å². The average molecular weight is 287 g/mol. The summed E-state index contributed by atoms with van der Waals surface area (Å²) in [6.45, 7) is 3.20. The molecule has 1 aromatic carbocycles. The lowest BCUT2D eigenvalue weighted by molar-refractivity contribution is 0.534. The first-order valence-electron chi connectivity index (χ1n) is 4.26. The van der Waals surface area contributed by atoms with Crippen LogP contribution in [0.15, 0.2) is 24.3 Å². The van der Waals surface area contributed by atoms with Crippen LogP contribution in [0.5, 0.6) is 0 Å². The number of fused-ring (bicyclic) bond motifs is 1. The molecule has 13 heavy (non-hydrogen) atoms. The zero-order valence-corrected chi connectivity index (χ0v) is 10.3. The van der Waals surface area contributed by atoms with Crippen LogP contribution in [0, 0.1) is 0 Å². The normalized spacial score (nSPS) is 14.3. The highest BCUT2D eigenvalue weighted by Gasteiger charge is 2.02. The summed E-state index contributed by atoms with van der Waals surface area (Å²) >= 11 is 0. The molecule has 2 rings (SSSR count). The number of halogens is 1. The van der Waals surface area contributed by atoms with E-state index in [1.807, 2.05) is 0 Å². The number of hydrogen-bond donors (Lipinski definition) is 0. The van der Waals surface area contributed by atoms with Crippen molar-refractivity contribution >= 4 is 35.7 Å². The molecular weight excluding hydrogens is 273 g/mol. The molecule has 0 saturated heterocycles. The summed E-state index contributed by atoms with van der Waals surface area (Å²) in [5, 5.41) is 2.74. The van der Waals surface area contributed by atoms with Gasteiger partial charge in [-0.25, -0.2) is 0 Å². The lowest BCUT2D eigenvalue weighted by Gasteiger charge is -2.21. The van der Waals surface area contributed by atoms with E-state index in [-0.39, 0.29) is 24.0 Å².